The Hall–Kier alpha value is -3.15. The lowest BCUT2D eigenvalue weighted by Gasteiger charge is -2.20. The smallest absolute Gasteiger partial charge is 0.283 e. The fraction of sp³-hybridized carbons (Fsp3) is 0.217. The van der Waals surface area contributed by atoms with E-state index in [-0.39, 0.29) is 27.6 Å². The molecule has 0 aliphatic carbocycles. The van der Waals surface area contributed by atoms with Gasteiger partial charge in [-0.15, -0.1) is 5.10 Å². The van der Waals surface area contributed by atoms with Gasteiger partial charge in [0.15, 0.2) is 5.84 Å². The summed E-state index contributed by atoms with van der Waals surface area (Å²) >= 11 is 7.08. The molecule has 182 valence electrons. The molecular weight excluding hydrogens is 512 g/mol. The molecule has 1 amide bonds. The highest BCUT2D eigenvalue weighted by atomic mass is 35.5. The van der Waals surface area contributed by atoms with Crippen molar-refractivity contribution in [1.29, 1.82) is 5.41 Å². The first kappa shape index (κ1) is 25.0. The lowest BCUT2D eigenvalue weighted by atomic mass is 10.1. The number of amidine groups is 2. The Morgan fingerprint density at radius 2 is 1.86 bits per heavy atom. The number of aryl methyl sites for hydroxylation is 1. The van der Waals surface area contributed by atoms with Crippen molar-refractivity contribution in [2.75, 3.05) is 19.5 Å². The highest BCUT2D eigenvalue weighted by molar-refractivity contribution is 8.42. The minimum absolute atomic E-state index is 0.0304. The van der Waals surface area contributed by atoms with Crippen molar-refractivity contribution in [3.63, 3.8) is 0 Å². The van der Waals surface area contributed by atoms with E-state index >= 15 is 0 Å². The predicted molar refractivity (Wildman–Crippen MR) is 138 cm³/mol. The molecular formula is C23H21ClN4O5S2. The number of amides is 1. The van der Waals surface area contributed by atoms with Crippen LogP contribution in [0.1, 0.15) is 18.1 Å². The van der Waals surface area contributed by atoms with Crippen LogP contribution in [0.3, 0.4) is 0 Å². The number of benzene rings is 2. The van der Waals surface area contributed by atoms with Gasteiger partial charge in [-0.05, 0) is 59.7 Å². The molecule has 1 N–H and O–H groups in total. The summed E-state index contributed by atoms with van der Waals surface area (Å²) in [5.41, 5.74) is 1.74. The number of halogens is 1. The number of hydrogen-bond acceptors (Lipinski definition) is 8. The molecule has 0 atom stereocenters. The van der Waals surface area contributed by atoms with Gasteiger partial charge >= 0.3 is 0 Å². The van der Waals surface area contributed by atoms with E-state index in [0.717, 1.165) is 35.2 Å². The minimum Gasteiger partial charge on any atom is -0.490 e. The number of sulfone groups is 1. The average Bonchev–Trinajstić information content (AvgIpc) is 3.26. The van der Waals surface area contributed by atoms with E-state index in [1.165, 1.54) is 11.6 Å². The molecule has 0 aromatic heterocycles. The molecule has 4 rings (SSSR count). The summed E-state index contributed by atoms with van der Waals surface area (Å²) in [6, 6.07) is 12.8. The molecule has 9 nitrogen and oxygen atoms in total. The summed E-state index contributed by atoms with van der Waals surface area (Å²) in [5.74, 6) is 0.266. The molecule has 0 spiro atoms. The van der Waals surface area contributed by atoms with E-state index in [0.29, 0.717) is 22.9 Å². The summed E-state index contributed by atoms with van der Waals surface area (Å²) in [5, 5.41) is 13.6. The lowest BCUT2D eigenvalue weighted by Crippen LogP contribution is -2.35. The van der Waals surface area contributed by atoms with Crippen molar-refractivity contribution >= 4 is 60.6 Å². The average molecular weight is 533 g/mol. The largest absolute Gasteiger partial charge is 0.490 e. The Labute approximate surface area is 211 Å². The third kappa shape index (κ3) is 5.75. The molecule has 0 radical (unpaired) electrons. The second-order valence-electron chi connectivity index (χ2n) is 7.54. The van der Waals surface area contributed by atoms with E-state index in [9.17, 15) is 13.2 Å². The highest BCUT2D eigenvalue weighted by Gasteiger charge is 2.38. The van der Waals surface area contributed by atoms with Gasteiger partial charge in [-0.2, -0.15) is 10.0 Å². The molecule has 0 fully saturated rings. The van der Waals surface area contributed by atoms with Crippen molar-refractivity contribution in [1.82, 2.24) is 5.01 Å². The number of aliphatic imine (C=N–C) groups is 1. The van der Waals surface area contributed by atoms with Crippen LogP contribution in [0.15, 0.2) is 58.1 Å². The van der Waals surface area contributed by atoms with Crippen molar-refractivity contribution < 1.29 is 22.7 Å². The van der Waals surface area contributed by atoms with Crippen LogP contribution in [0.5, 0.6) is 11.5 Å². The fourth-order valence-electron chi connectivity index (χ4n) is 3.15. The number of hydrazone groups is 1. The Balaban J connectivity index is 1.41. The van der Waals surface area contributed by atoms with Crippen molar-refractivity contribution in [2.24, 2.45) is 10.1 Å². The van der Waals surface area contributed by atoms with Crippen LogP contribution < -0.4 is 9.47 Å². The highest BCUT2D eigenvalue weighted by Crippen LogP contribution is 2.31. The Morgan fingerprint density at radius 1 is 1.14 bits per heavy atom. The Kier molecular flexibility index (Phi) is 7.29. The van der Waals surface area contributed by atoms with Gasteiger partial charge in [0.25, 0.3) is 5.91 Å². The molecule has 0 bridgehead atoms. The minimum atomic E-state index is -3.59. The third-order valence-corrected chi connectivity index (χ3v) is 7.83. The SMILES string of the molecule is CCc1ccc(OCCOc2ccc(/C=C3/C(=N)N4N=C(S(C)(=O)=O)SC4=NC3=O)cc2Cl)cc1. The number of hydrogen-bond donors (Lipinski definition) is 1. The van der Waals surface area contributed by atoms with Gasteiger partial charge < -0.3 is 9.47 Å². The molecule has 0 unspecified atom stereocenters. The number of ether oxygens (including phenoxy) is 2. The number of carbonyl (C=O) groups is 1. The molecule has 2 aromatic carbocycles. The molecule has 2 aliphatic rings. The summed E-state index contributed by atoms with van der Waals surface area (Å²) < 4.78 is 34.7. The second kappa shape index (κ2) is 10.2. The maximum atomic E-state index is 12.5. The number of nitrogens with one attached hydrogen (secondary N) is 1. The van der Waals surface area contributed by atoms with Crippen molar-refractivity contribution in [3.8, 4) is 11.5 Å². The number of rotatable bonds is 7. The maximum Gasteiger partial charge on any atom is 0.283 e. The van der Waals surface area contributed by atoms with E-state index in [4.69, 9.17) is 26.5 Å². The first-order valence-electron chi connectivity index (χ1n) is 10.5. The monoisotopic (exact) mass is 532 g/mol. The Morgan fingerprint density at radius 3 is 2.51 bits per heavy atom. The summed E-state index contributed by atoms with van der Waals surface area (Å²) in [6.45, 7) is 2.71. The van der Waals surface area contributed by atoms with E-state index < -0.39 is 15.7 Å². The third-order valence-electron chi connectivity index (χ3n) is 4.96. The van der Waals surface area contributed by atoms with Crippen LogP contribution in [0, 0.1) is 5.41 Å². The van der Waals surface area contributed by atoms with Crippen molar-refractivity contribution in [2.45, 2.75) is 13.3 Å². The summed E-state index contributed by atoms with van der Waals surface area (Å²) in [7, 11) is -3.59. The summed E-state index contributed by atoms with van der Waals surface area (Å²) in [6.07, 6.45) is 3.41. The van der Waals surface area contributed by atoms with Gasteiger partial charge in [0.05, 0.1) is 10.6 Å². The van der Waals surface area contributed by atoms with Crippen LogP contribution in [-0.4, -0.2) is 54.2 Å². The number of nitrogens with zero attached hydrogens (tertiary/aromatic N) is 3. The van der Waals surface area contributed by atoms with Crippen LogP contribution in [0.25, 0.3) is 6.08 Å². The van der Waals surface area contributed by atoms with Gasteiger partial charge in [-0.1, -0.05) is 36.7 Å². The zero-order chi connectivity index (χ0) is 25.2. The fourth-order valence-corrected chi connectivity index (χ4v) is 5.08. The molecule has 0 saturated carbocycles. The van der Waals surface area contributed by atoms with Crippen LogP contribution >= 0.6 is 23.4 Å². The maximum absolute atomic E-state index is 12.5. The first-order chi connectivity index (χ1) is 16.7. The molecule has 2 heterocycles. The van der Waals surface area contributed by atoms with Crippen molar-refractivity contribution in [3.05, 3.63) is 64.2 Å². The molecule has 0 saturated heterocycles. The topological polar surface area (TPSA) is 121 Å². The quantitative estimate of drug-likeness (QED) is 0.422. The zero-order valence-corrected chi connectivity index (χ0v) is 21.2. The molecule has 12 heteroatoms. The van der Waals surface area contributed by atoms with Gasteiger partial charge in [-0.3, -0.25) is 10.2 Å². The predicted octanol–water partition coefficient (Wildman–Crippen LogP) is 3.98. The zero-order valence-electron chi connectivity index (χ0n) is 18.8. The molecule has 2 aliphatic heterocycles. The van der Waals surface area contributed by atoms with Crippen LogP contribution in [-0.2, 0) is 21.1 Å². The van der Waals surface area contributed by atoms with E-state index in [1.54, 1.807) is 18.2 Å². The molecule has 35 heavy (non-hydrogen) atoms. The number of carbonyl (C=O) groups excluding carboxylic acids is 1. The normalized spacial score (nSPS) is 16.8. The first-order valence-corrected chi connectivity index (χ1v) is 13.6. The van der Waals surface area contributed by atoms with Crippen LogP contribution in [0.4, 0.5) is 0 Å². The number of thioether (sulfide) groups is 1. The summed E-state index contributed by atoms with van der Waals surface area (Å²) in [4.78, 5) is 16.3. The molecule has 2 aromatic rings. The van der Waals surface area contributed by atoms with Gasteiger partial charge in [0, 0.05) is 6.26 Å². The Bertz CT molecular complexity index is 1390. The second-order valence-corrected chi connectivity index (χ2v) is 11.1. The van der Waals surface area contributed by atoms with Gasteiger partial charge in [0.1, 0.15) is 24.7 Å². The standard InChI is InChI=1S/C23H21ClN4O5S2/c1-3-14-4-7-16(8-5-14)32-10-11-33-19-9-6-15(13-18(19)24)12-17-20(25)28-22(26-21(17)29)34-23(27-28)35(2,30)31/h4-9,12-13,25H,3,10-11H2,1-2H3/b17-12-,25-20?. The van der Waals surface area contributed by atoms with E-state index in [2.05, 4.69) is 17.0 Å². The lowest BCUT2D eigenvalue weighted by molar-refractivity contribution is -0.114. The van der Waals surface area contributed by atoms with Gasteiger partial charge in [-0.25, -0.2) is 8.42 Å². The number of fused-ring (bicyclic) bond motifs is 1. The van der Waals surface area contributed by atoms with E-state index in [1.807, 2.05) is 24.3 Å². The van der Waals surface area contributed by atoms with Gasteiger partial charge in [0.2, 0.25) is 19.4 Å². The van der Waals surface area contributed by atoms with Crippen LogP contribution in [0.2, 0.25) is 5.02 Å².